The molecule has 1 N–H and O–H groups in total. The molecule has 6 unspecified atom stereocenters. The molecule has 85 heavy (non-hydrogen) atoms. The highest BCUT2D eigenvalue weighted by Crippen LogP contribution is 2.48. The van der Waals surface area contributed by atoms with Crippen LogP contribution in [0.3, 0.4) is 0 Å². The summed E-state index contributed by atoms with van der Waals surface area (Å²) in [6.45, 7) is 57.1. The fraction of sp³-hybridized carbons (Fsp3) is 0.930. The van der Waals surface area contributed by atoms with Gasteiger partial charge in [-0.2, -0.15) is 0 Å². The average molecular weight is 1210 g/mol. The quantitative estimate of drug-likeness (QED) is 0.0266. The molecule has 0 saturated carbocycles. The van der Waals surface area contributed by atoms with E-state index in [4.69, 9.17) is 37.9 Å². The normalized spacial score (nSPS) is 16.1. The van der Waals surface area contributed by atoms with Crippen LogP contribution in [0.25, 0.3) is 0 Å². The second kappa shape index (κ2) is 39.6. The van der Waals surface area contributed by atoms with Gasteiger partial charge < -0.3 is 43.2 Å². The summed E-state index contributed by atoms with van der Waals surface area (Å²) in [7, 11) is 0. The topological polar surface area (TPSA) is 162 Å². The predicted molar refractivity (Wildman–Crippen MR) is 354 cm³/mol. The largest absolute Gasteiger partial charge is 0.459 e. The van der Waals surface area contributed by atoms with Crippen molar-refractivity contribution in [3.05, 3.63) is 0 Å². The van der Waals surface area contributed by atoms with E-state index in [1.54, 1.807) is 13.8 Å². The number of carbonyl (C=O) groups excluding carboxylic acids is 3. The van der Waals surface area contributed by atoms with Crippen LogP contribution < -0.4 is 5.32 Å². The van der Waals surface area contributed by atoms with Crippen LogP contribution in [-0.4, -0.2) is 135 Å². The van der Waals surface area contributed by atoms with Crippen molar-refractivity contribution in [1.29, 1.82) is 0 Å². The van der Waals surface area contributed by atoms with Crippen molar-refractivity contribution in [3.63, 3.8) is 0 Å². The summed E-state index contributed by atoms with van der Waals surface area (Å²) in [6.07, 6.45) is 21.8. The van der Waals surface area contributed by atoms with Crippen molar-refractivity contribution in [1.82, 2.24) is 5.32 Å². The van der Waals surface area contributed by atoms with Crippen molar-refractivity contribution in [3.8, 4) is 0 Å². The molecule has 0 radical (unpaired) electrons. The third-order valence-corrected chi connectivity index (χ3v) is 17.4. The van der Waals surface area contributed by atoms with Crippen molar-refractivity contribution < 1.29 is 52.3 Å². The van der Waals surface area contributed by atoms with Crippen LogP contribution in [0.1, 0.15) is 289 Å². The number of unbranched alkanes of at least 4 members (excludes halogenated alkanes) is 9. The van der Waals surface area contributed by atoms with Crippen molar-refractivity contribution in [2.45, 2.75) is 334 Å². The third-order valence-electron chi connectivity index (χ3n) is 17.4. The molecule has 6 atom stereocenters. The molecule has 0 heterocycles. The highest BCUT2D eigenvalue weighted by Gasteiger charge is 2.46. The number of nitrogens with one attached hydrogen (secondary N) is 1. The SMILES string of the molecule is CCCCCCCCCCCC(=O)OC(C)(C)C(C)COC(C)(C)CC(CC)(CC(C)(C)OCC(C)C(C)(C)OC(=O)C(C)N=CC(C)(C)CCCCOCCC)CC(C)(C)OCC(C)C(C)(C)OC(=O)C(C)N=CC(C)(C)CNCCOCC. The monoisotopic (exact) mass is 1210 g/mol. The van der Waals surface area contributed by atoms with E-state index in [2.05, 4.69) is 126 Å². The van der Waals surface area contributed by atoms with Gasteiger partial charge in [0.1, 0.15) is 28.9 Å². The molecule has 0 aliphatic carbocycles. The van der Waals surface area contributed by atoms with Gasteiger partial charge in [-0.15, -0.1) is 0 Å². The first-order valence-electron chi connectivity index (χ1n) is 33.7. The standard InChI is InChI=1S/C71H137N3O11/c1-26-30-31-32-33-34-35-36-37-40-60(75)83-68(20,21)55(5)46-80-65(14,15)49-71(28-3,51-67(18,19)82-48-57(7)70(24,25)85-62(77)59(9)74-54-64(12,13)52-72-42-45-78-29-4)50-66(16,17)81-47-56(6)69(22,23)84-61(76)58(8)73-53-63(10,11)41-38-39-44-79-43-27-2/h53-59,72H,26-52H2,1-25H3. The molecule has 0 aromatic carbocycles. The zero-order valence-electron chi connectivity index (χ0n) is 60.0. The molecular formula is C71H137N3O11. The van der Waals surface area contributed by atoms with Crippen LogP contribution in [0.15, 0.2) is 9.98 Å². The van der Waals surface area contributed by atoms with Crippen LogP contribution >= 0.6 is 0 Å². The number of hydrogen-bond acceptors (Lipinski definition) is 14. The van der Waals surface area contributed by atoms with Gasteiger partial charge in [-0.25, -0.2) is 9.59 Å². The second-order valence-corrected chi connectivity index (χ2v) is 30.3. The highest BCUT2D eigenvalue weighted by molar-refractivity contribution is 5.79. The van der Waals surface area contributed by atoms with Gasteiger partial charge in [0.15, 0.2) is 0 Å². The smallest absolute Gasteiger partial charge is 0.331 e. The van der Waals surface area contributed by atoms with E-state index in [1.165, 1.54) is 38.5 Å². The van der Waals surface area contributed by atoms with Gasteiger partial charge in [0.05, 0.1) is 43.2 Å². The van der Waals surface area contributed by atoms with Gasteiger partial charge >= 0.3 is 17.9 Å². The Balaban J connectivity index is 6.42. The Hall–Kier alpha value is -2.49. The molecule has 0 saturated heterocycles. The molecule has 0 rings (SSSR count). The van der Waals surface area contributed by atoms with Crippen LogP contribution in [0.5, 0.6) is 0 Å². The Bertz CT molecular complexity index is 1890. The maximum absolute atomic E-state index is 13.6. The Morgan fingerprint density at radius 2 is 0.871 bits per heavy atom. The lowest BCUT2D eigenvalue weighted by molar-refractivity contribution is -0.170. The number of ether oxygens (including phenoxy) is 8. The van der Waals surface area contributed by atoms with E-state index in [-0.39, 0.29) is 51.9 Å². The molecule has 0 fully saturated rings. The summed E-state index contributed by atoms with van der Waals surface area (Å²) in [5, 5.41) is 3.41. The van der Waals surface area contributed by atoms with E-state index < -0.39 is 45.7 Å². The van der Waals surface area contributed by atoms with Gasteiger partial charge in [-0.1, -0.05) is 133 Å². The zero-order valence-corrected chi connectivity index (χ0v) is 60.0. The summed E-state index contributed by atoms with van der Waals surface area (Å²) < 4.78 is 50.5. The molecular weight excluding hydrogens is 1070 g/mol. The third kappa shape index (κ3) is 37.3. The number of carbonyl (C=O) groups is 3. The first-order chi connectivity index (χ1) is 39.2. The van der Waals surface area contributed by atoms with Crippen LogP contribution in [0.4, 0.5) is 0 Å². The lowest BCUT2D eigenvalue weighted by Gasteiger charge is -2.48. The van der Waals surface area contributed by atoms with E-state index >= 15 is 0 Å². The maximum atomic E-state index is 13.6. The number of rotatable bonds is 51. The number of nitrogens with zero attached hydrogens (tertiary/aromatic N) is 2. The van der Waals surface area contributed by atoms with Gasteiger partial charge in [0.25, 0.3) is 0 Å². The fourth-order valence-electron chi connectivity index (χ4n) is 10.6. The molecule has 0 aliphatic rings. The van der Waals surface area contributed by atoms with Crippen molar-refractivity contribution in [2.24, 2.45) is 44.0 Å². The Morgan fingerprint density at radius 1 is 0.459 bits per heavy atom. The minimum Gasteiger partial charge on any atom is -0.459 e. The van der Waals surface area contributed by atoms with Crippen molar-refractivity contribution >= 4 is 30.3 Å². The molecule has 0 bridgehead atoms. The van der Waals surface area contributed by atoms with Gasteiger partial charge in [0.2, 0.25) is 0 Å². The number of hydrogen-bond donors (Lipinski definition) is 1. The Kier molecular flexibility index (Phi) is 38.4. The van der Waals surface area contributed by atoms with E-state index in [1.807, 2.05) is 60.9 Å². The molecule has 0 aromatic rings. The van der Waals surface area contributed by atoms with Crippen LogP contribution in [0, 0.1) is 34.0 Å². The minimum atomic E-state index is -0.836. The van der Waals surface area contributed by atoms with Crippen molar-refractivity contribution in [2.75, 3.05) is 59.3 Å². The molecule has 502 valence electrons. The molecule has 14 nitrogen and oxygen atoms in total. The second-order valence-electron chi connectivity index (χ2n) is 30.3. The van der Waals surface area contributed by atoms with Crippen LogP contribution in [0.2, 0.25) is 0 Å². The summed E-state index contributed by atoms with van der Waals surface area (Å²) >= 11 is 0. The van der Waals surface area contributed by atoms with Gasteiger partial charge in [-0.05, 0) is 160 Å². The first-order valence-corrected chi connectivity index (χ1v) is 33.7. The predicted octanol–water partition coefficient (Wildman–Crippen LogP) is 16.9. The molecule has 0 amide bonds. The summed E-state index contributed by atoms with van der Waals surface area (Å²) in [5.41, 5.74) is -4.97. The number of esters is 3. The van der Waals surface area contributed by atoms with E-state index in [0.717, 1.165) is 71.1 Å². The number of aliphatic imine (C=N–C) groups is 2. The highest BCUT2D eigenvalue weighted by atomic mass is 16.6. The maximum Gasteiger partial charge on any atom is 0.331 e. The Labute approximate surface area is 523 Å². The van der Waals surface area contributed by atoms with Gasteiger partial charge in [-0.3, -0.25) is 14.8 Å². The van der Waals surface area contributed by atoms with Gasteiger partial charge in [0, 0.05) is 74.9 Å². The summed E-state index contributed by atoms with van der Waals surface area (Å²) in [4.78, 5) is 49.6. The Morgan fingerprint density at radius 3 is 1.28 bits per heavy atom. The average Bonchev–Trinajstić information content (AvgIpc) is 3.27. The lowest BCUT2D eigenvalue weighted by atomic mass is 9.65. The molecule has 0 spiro atoms. The molecule has 14 heteroatoms. The minimum absolute atomic E-state index is 0.0697. The fourth-order valence-corrected chi connectivity index (χ4v) is 10.6. The van der Waals surface area contributed by atoms with E-state index in [0.29, 0.717) is 65.3 Å². The molecule has 0 aliphatic heterocycles. The first kappa shape index (κ1) is 82.5. The summed E-state index contributed by atoms with van der Waals surface area (Å²) in [5.74, 6) is -1.24. The molecule has 0 aromatic heterocycles. The van der Waals surface area contributed by atoms with E-state index in [9.17, 15) is 14.4 Å². The van der Waals surface area contributed by atoms with Crippen LogP contribution in [-0.2, 0) is 52.3 Å². The zero-order chi connectivity index (χ0) is 65.4. The summed E-state index contributed by atoms with van der Waals surface area (Å²) in [6, 6.07) is -1.31. The lowest BCUT2D eigenvalue weighted by Crippen LogP contribution is -2.47.